The average Bonchev–Trinajstić information content (AvgIpc) is 2.50. The van der Waals surface area contributed by atoms with Crippen molar-refractivity contribution < 1.29 is 19.8 Å². The summed E-state index contributed by atoms with van der Waals surface area (Å²) in [7, 11) is 0. The van der Waals surface area contributed by atoms with Crippen LogP contribution in [0.25, 0.3) is 0 Å². The molecule has 8 heteroatoms. The Kier molecular flexibility index (Phi) is 13.0. The number of hydrogen-bond acceptors (Lipinski definition) is 2. The SMILES string of the molecule is C=CC(=O)O.C=CC(=O)O.Cc1c(C)c(Br)c(Br)c(Br)c1Br. The van der Waals surface area contributed by atoms with E-state index in [0.29, 0.717) is 0 Å². The molecule has 0 atom stereocenters. The second kappa shape index (κ2) is 12.0. The van der Waals surface area contributed by atoms with Crippen molar-refractivity contribution >= 4 is 75.7 Å². The van der Waals surface area contributed by atoms with E-state index in [2.05, 4.69) is 90.7 Å². The number of carbonyl (C=O) groups is 2. The third-order valence-electron chi connectivity index (χ3n) is 2.15. The minimum absolute atomic E-state index is 0.833. The Morgan fingerprint density at radius 2 is 0.955 bits per heavy atom. The van der Waals surface area contributed by atoms with Gasteiger partial charge >= 0.3 is 11.9 Å². The molecule has 0 amide bonds. The number of benzene rings is 1. The van der Waals surface area contributed by atoms with Gasteiger partial charge in [0.2, 0.25) is 0 Å². The van der Waals surface area contributed by atoms with E-state index in [1.165, 1.54) is 11.1 Å². The Bertz CT molecular complexity index is 460. The summed E-state index contributed by atoms with van der Waals surface area (Å²) in [6.07, 6.45) is 1.67. The van der Waals surface area contributed by atoms with E-state index in [1.54, 1.807) is 0 Å². The second-order valence-electron chi connectivity index (χ2n) is 3.59. The van der Waals surface area contributed by atoms with Crippen LogP contribution >= 0.6 is 63.7 Å². The van der Waals surface area contributed by atoms with Gasteiger partial charge in [-0.05, 0) is 88.7 Å². The number of hydrogen-bond donors (Lipinski definition) is 2. The molecular formula is C14H14Br4O4. The molecule has 0 aliphatic carbocycles. The molecule has 0 fully saturated rings. The predicted octanol–water partition coefficient (Wildman–Crippen LogP) is 5.87. The van der Waals surface area contributed by atoms with Crippen molar-refractivity contribution in [1.29, 1.82) is 0 Å². The Morgan fingerprint density at radius 3 is 1.09 bits per heavy atom. The Morgan fingerprint density at radius 1 is 0.773 bits per heavy atom. The van der Waals surface area contributed by atoms with Gasteiger partial charge in [-0.2, -0.15) is 0 Å². The van der Waals surface area contributed by atoms with E-state index in [-0.39, 0.29) is 0 Å². The van der Waals surface area contributed by atoms with Crippen molar-refractivity contribution in [2.24, 2.45) is 0 Å². The lowest BCUT2D eigenvalue weighted by Gasteiger charge is -2.10. The summed E-state index contributed by atoms with van der Waals surface area (Å²) in [6, 6.07) is 0. The third kappa shape index (κ3) is 8.87. The summed E-state index contributed by atoms with van der Waals surface area (Å²) in [4.78, 5) is 18.5. The number of halogens is 4. The fraction of sp³-hybridized carbons (Fsp3) is 0.143. The van der Waals surface area contributed by atoms with E-state index in [0.717, 1.165) is 30.0 Å². The van der Waals surface area contributed by atoms with Crippen LogP contribution in [-0.2, 0) is 9.59 Å². The maximum Gasteiger partial charge on any atom is 0.327 e. The maximum atomic E-state index is 9.25. The first-order chi connectivity index (χ1) is 10.0. The van der Waals surface area contributed by atoms with Gasteiger partial charge in [-0.3, -0.25) is 0 Å². The van der Waals surface area contributed by atoms with Crippen LogP contribution in [0.2, 0.25) is 0 Å². The molecular weight excluding hydrogens is 552 g/mol. The quantitative estimate of drug-likeness (QED) is 0.267. The molecule has 0 unspecified atom stereocenters. The molecule has 0 saturated carbocycles. The summed E-state index contributed by atoms with van der Waals surface area (Å²) >= 11 is 14.0. The first-order valence-corrected chi connectivity index (χ1v) is 8.68. The first kappa shape index (κ1) is 23.8. The molecule has 22 heavy (non-hydrogen) atoms. The molecule has 1 aromatic rings. The van der Waals surface area contributed by atoms with Crippen LogP contribution < -0.4 is 0 Å². The Hall–Kier alpha value is -0.440. The Labute approximate surface area is 162 Å². The minimum Gasteiger partial charge on any atom is -0.478 e. The van der Waals surface area contributed by atoms with Crippen LogP contribution in [0.1, 0.15) is 11.1 Å². The summed E-state index contributed by atoms with van der Waals surface area (Å²) in [5.74, 6) is -1.96. The van der Waals surface area contributed by atoms with Crippen molar-refractivity contribution in [2.75, 3.05) is 0 Å². The highest BCUT2D eigenvalue weighted by molar-refractivity contribution is 9.15. The minimum atomic E-state index is -0.981. The number of aliphatic carboxylic acids is 2. The monoisotopic (exact) mass is 562 g/mol. The Balaban J connectivity index is 0. The molecule has 2 N–H and O–H groups in total. The van der Waals surface area contributed by atoms with Gasteiger partial charge in [0, 0.05) is 30.0 Å². The molecule has 0 spiro atoms. The smallest absolute Gasteiger partial charge is 0.327 e. The van der Waals surface area contributed by atoms with Crippen LogP contribution in [0.3, 0.4) is 0 Å². The fourth-order valence-electron chi connectivity index (χ4n) is 0.851. The molecule has 0 heterocycles. The fourth-order valence-corrected chi connectivity index (χ4v) is 3.37. The van der Waals surface area contributed by atoms with Gasteiger partial charge in [-0.25, -0.2) is 9.59 Å². The highest BCUT2D eigenvalue weighted by Crippen LogP contribution is 2.41. The lowest BCUT2D eigenvalue weighted by Crippen LogP contribution is -1.88. The highest BCUT2D eigenvalue weighted by Gasteiger charge is 2.12. The normalized spacial score (nSPS) is 8.64. The van der Waals surface area contributed by atoms with Gasteiger partial charge < -0.3 is 10.2 Å². The van der Waals surface area contributed by atoms with Crippen molar-refractivity contribution in [3.8, 4) is 0 Å². The maximum absolute atomic E-state index is 9.25. The number of carboxylic acid groups (broad SMARTS) is 2. The van der Waals surface area contributed by atoms with Crippen molar-refractivity contribution in [2.45, 2.75) is 13.8 Å². The second-order valence-corrected chi connectivity index (χ2v) is 6.76. The van der Waals surface area contributed by atoms with Gasteiger partial charge in [-0.1, -0.05) is 13.2 Å². The lowest BCUT2D eigenvalue weighted by molar-refractivity contribution is -0.132. The molecule has 0 radical (unpaired) electrons. The predicted molar refractivity (Wildman–Crippen MR) is 102 cm³/mol. The van der Waals surface area contributed by atoms with Crippen molar-refractivity contribution in [3.05, 3.63) is 54.3 Å². The first-order valence-electron chi connectivity index (χ1n) is 5.51. The van der Waals surface area contributed by atoms with Crippen LogP contribution in [0.15, 0.2) is 43.2 Å². The molecule has 4 nitrogen and oxygen atoms in total. The van der Waals surface area contributed by atoms with E-state index >= 15 is 0 Å². The summed E-state index contributed by atoms with van der Waals surface area (Å²) < 4.78 is 4.32. The average molecular weight is 566 g/mol. The van der Waals surface area contributed by atoms with Crippen molar-refractivity contribution in [1.82, 2.24) is 0 Å². The van der Waals surface area contributed by atoms with Crippen LogP contribution in [-0.4, -0.2) is 22.2 Å². The lowest BCUT2D eigenvalue weighted by atomic mass is 10.1. The zero-order chi connectivity index (χ0) is 18.0. The van der Waals surface area contributed by atoms with Crippen LogP contribution in [0.5, 0.6) is 0 Å². The van der Waals surface area contributed by atoms with E-state index in [4.69, 9.17) is 10.2 Å². The molecule has 122 valence electrons. The highest BCUT2D eigenvalue weighted by atomic mass is 79.9. The van der Waals surface area contributed by atoms with Gasteiger partial charge in [-0.15, -0.1) is 0 Å². The molecule has 0 aliphatic rings. The molecule has 1 aromatic carbocycles. The number of carboxylic acids is 2. The van der Waals surface area contributed by atoms with Gasteiger partial charge in [0.15, 0.2) is 0 Å². The van der Waals surface area contributed by atoms with E-state index < -0.39 is 11.9 Å². The zero-order valence-corrected chi connectivity index (χ0v) is 18.1. The molecule has 1 rings (SSSR count). The number of rotatable bonds is 2. The van der Waals surface area contributed by atoms with Gasteiger partial charge in [0.1, 0.15) is 0 Å². The topological polar surface area (TPSA) is 74.6 Å². The molecule has 0 bridgehead atoms. The van der Waals surface area contributed by atoms with E-state index in [9.17, 15) is 9.59 Å². The van der Waals surface area contributed by atoms with Crippen LogP contribution in [0.4, 0.5) is 0 Å². The molecule has 0 aromatic heterocycles. The van der Waals surface area contributed by atoms with Gasteiger partial charge in [0.25, 0.3) is 0 Å². The summed E-state index contributed by atoms with van der Waals surface area (Å²) in [6.45, 7) is 10.1. The molecule has 0 saturated heterocycles. The summed E-state index contributed by atoms with van der Waals surface area (Å²) in [5, 5.41) is 15.2. The summed E-state index contributed by atoms with van der Waals surface area (Å²) in [5.41, 5.74) is 2.49. The van der Waals surface area contributed by atoms with Gasteiger partial charge in [0.05, 0.1) is 0 Å². The largest absolute Gasteiger partial charge is 0.478 e. The van der Waals surface area contributed by atoms with Crippen LogP contribution in [0, 0.1) is 13.8 Å². The van der Waals surface area contributed by atoms with Crippen molar-refractivity contribution in [3.63, 3.8) is 0 Å². The van der Waals surface area contributed by atoms with E-state index in [1.807, 2.05) is 0 Å². The third-order valence-corrected chi connectivity index (χ3v) is 7.31. The molecule has 0 aliphatic heterocycles. The standard InChI is InChI=1S/C8H6Br4.2C3H4O2/c1-3-4(2)6(10)8(12)7(11)5(3)9;2*1-2-3(4)5/h1-2H3;2*2H,1H2,(H,4,5). The zero-order valence-electron chi connectivity index (χ0n) is 11.8.